The lowest BCUT2D eigenvalue weighted by Crippen LogP contribution is -2.13. The summed E-state index contributed by atoms with van der Waals surface area (Å²) < 4.78 is 9.76. The number of fused-ring (bicyclic) bond motifs is 1. The molecule has 0 radical (unpaired) electrons. The SMILES string of the molecule is COC(=O)c1cnc(NC(=O)c2ccc3cc(OC)ccc3n2)s1. The number of nitrogens with one attached hydrogen (secondary N) is 1. The minimum atomic E-state index is -0.495. The molecule has 0 aliphatic carbocycles. The van der Waals surface area contributed by atoms with Crippen LogP contribution in [0.4, 0.5) is 5.13 Å². The summed E-state index contributed by atoms with van der Waals surface area (Å²) in [4.78, 5) is 32.3. The number of ether oxygens (including phenoxy) is 2. The zero-order chi connectivity index (χ0) is 17.1. The van der Waals surface area contributed by atoms with Gasteiger partial charge in [-0.15, -0.1) is 0 Å². The van der Waals surface area contributed by atoms with Crippen molar-refractivity contribution in [1.29, 1.82) is 0 Å². The van der Waals surface area contributed by atoms with E-state index < -0.39 is 11.9 Å². The molecule has 2 heterocycles. The highest BCUT2D eigenvalue weighted by Crippen LogP contribution is 2.21. The number of pyridine rings is 1. The lowest BCUT2D eigenvalue weighted by molar-refractivity contribution is 0.0606. The monoisotopic (exact) mass is 343 g/mol. The average molecular weight is 343 g/mol. The van der Waals surface area contributed by atoms with E-state index in [1.165, 1.54) is 13.3 Å². The number of carbonyl (C=O) groups excluding carboxylic acids is 2. The Morgan fingerprint density at radius 2 is 2.00 bits per heavy atom. The van der Waals surface area contributed by atoms with Crippen molar-refractivity contribution in [2.45, 2.75) is 0 Å². The number of nitrogens with zero attached hydrogens (tertiary/aromatic N) is 2. The highest BCUT2D eigenvalue weighted by Gasteiger charge is 2.14. The number of methoxy groups -OCH3 is 2. The molecule has 0 spiro atoms. The Bertz CT molecular complexity index is 923. The fraction of sp³-hybridized carbons (Fsp3) is 0.125. The standard InChI is InChI=1S/C16H13N3O4S/c1-22-10-4-6-11-9(7-10)3-5-12(18-11)14(20)19-16-17-8-13(24-16)15(21)23-2/h3-8H,1-2H3,(H,17,19,20). The van der Waals surface area contributed by atoms with Crippen molar-refractivity contribution in [2.24, 2.45) is 0 Å². The molecule has 0 bridgehead atoms. The third-order valence-electron chi connectivity index (χ3n) is 3.24. The smallest absolute Gasteiger partial charge is 0.349 e. The van der Waals surface area contributed by atoms with Crippen LogP contribution < -0.4 is 10.1 Å². The van der Waals surface area contributed by atoms with Gasteiger partial charge in [-0.1, -0.05) is 17.4 Å². The van der Waals surface area contributed by atoms with Crippen LogP contribution in [0.2, 0.25) is 0 Å². The summed E-state index contributed by atoms with van der Waals surface area (Å²) in [7, 11) is 2.88. The van der Waals surface area contributed by atoms with Gasteiger partial charge >= 0.3 is 5.97 Å². The number of thiazole rings is 1. The summed E-state index contributed by atoms with van der Waals surface area (Å²) in [5, 5.41) is 3.79. The zero-order valence-electron chi connectivity index (χ0n) is 12.9. The normalized spacial score (nSPS) is 10.4. The molecule has 0 aliphatic rings. The van der Waals surface area contributed by atoms with E-state index in [-0.39, 0.29) is 5.69 Å². The molecule has 0 atom stereocenters. The molecule has 1 aromatic carbocycles. The second kappa shape index (κ2) is 6.63. The van der Waals surface area contributed by atoms with Gasteiger partial charge in [-0.05, 0) is 24.3 Å². The highest BCUT2D eigenvalue weighted by molar-refractivity contribution is 7.17. The number of rotatable bonds is 4. The van der Waals surface area contributed by atoms with E-state index in [1.54, 1.807) is 31.4 Å². The van der Waals surface area contributed by atoms with Crippen LogP contribution in [0.1, 0.15) is 20.2 Å². The molecule has 3 aromatic rings. The molecule has 2 aromatic heterocycles. The summed E-state index contributed by atoms with van der Waals surface area (Å²) in [5.74, 6) is -0.177. The number of amides is 1. The van der Waals surface area contributed by atoms with Crippen LogP contribution >= 0.6 is 11.3 Å². The maximum Gasteiger partial charge on any atom is 0.349 e. The number of benzene rings is 1. The number of aromatic nitrogens is 2. The number of hydrogen-bond acceptors (Lipinski definition) is 7. The molecule has 3 rings (SSSR count). The fourth-order valence-electron chi connectivity index (χ4n) is 2.05. The zero-order valence-corrected chi connectivity index (χ0v) is 13.7. The predicted molar refractivity (Wildman–Crippen MR) is 89.7 cm³/mol. The summed E-state index contributed by atoms with van der Waals surface area (Å²) in [5.41, 5.74) is 0.931. The van der Waals surface area contributed by atoms with Crippen LogP contribution in [0.5, 0.6) is 5.75 Å². The minimum Gasteiger partial charge on any atom is -0.497 e. The molecule has 7 nitrogen and oxygen atoms in total. The number of hydrogen-bond donors (Lipinski definition) is 1. The van der Waals surface area contributed by atoms with E-state index in [0.29, 0.717) is 15.5 Å². The topological polar surface area (TPSA) is 90.4 Å². The molecule has 0 fully saturated rings. The Balaban J connectivity index is 1.80. The first-order valence-corrected chi connectivity index (χ1v) is 7.72. The van der Waals surface area contributed by atoms with Gasteiger partial charge in [-0.25, -0.2) is 14.8 Å². The van der Waals surface area contributed by atoms with E-state index in [2.05, 4.69) is 20.0 Å². The van der Waals surface area contributed by atoms with Gasteiger partial charge in [0.1, 0.15) is 16.3 Å². The van der Waals surface area contributed by atoms with E-state index in [4.69, 9.17) is 4.74 Å². The second-order valence-corrected chi connectivity index (χ2v) is 5.76. The van der Waals surface area contributed by atoms with Crippen LogP contribution in [0.3, 0.4) is 0 Å². The fourth-order valence-corrected chi connectivity index (χ4v) is 2.77. The van der Waals surface area contributed by atoms with Crippen molar-refractivity contribution < 1.29 is 19.1 Å². The molecule has 1 amide bonds. The lowest BCUT2D eigenvalue weighted by atomic mass is 10.2. The highest BCUT2D eigenvalue weighted by atomic mass is 32.1. The number of carbonyl (C=O) groups is 2. The third-order valence-corrected chi connectivity index (χ3v) is 4.13. The molecule has 122 valence electrons. The molecule has 1 N–H and O–H groups in total. The molecule has 8 heteroatoms. The van der Waals surface area contributed by atoms with E-state index in [0.717, 1.165) is 22.5 Å². The molecule has 0 saturated carbocycles. The van der Waals surface area contributed by atoms with Gasteiger partial charge in [-0.3, -0.25) is 10.1 Å². The summed E-state index contributed by atoms with van der Waals surface area (Å²) in [6, 6.07) is 8.81. The first-order chi connectivity index (χ1) is 11.6. The Labute approximate surface area is 141 Å². The quantitative estimate of drug-likeness (QED) is 0.733. The van der Waals surface area contributed by atoms with Crippen molar-refractivity contribution in [3.05, 3.63) is 47.1 Å². The third kappa shape index (κ3) is 3.18. The van der Waals surface area contributed by atoms with Crippen molar-refractivity contribution >= 4 is 39.2 Å². The van der Waals surface area contributed by atoms with Gasteiger partial charge in [-0.2, -0.15) is 0 Å². The molecule has 24 heavy (non-hydrogen) atoms. The van der Waals surface area contributed by atoms with Crippen molar-refractivity contribution in [3.8, 4) is 5.75 Å². The average Bonchev–Trinajstić information content (AvgIpc) is 3.08. The minimum absolute atomic E-state index is 0.252. The van der Waals surface area contributed by atoms with E-state index in [9.17, 15) is 9.59 Å². The van der Waals surface area contributed by atoms with Gasteiger partial charge in [0.05, 0.1) is 25.9 Å². The second-order valence-electron chi connectivity index (χ2n) is 4.73. The van der Waals surface area contributed by atoms with Crippen LogP contribution in [0.25, 0.3) is 10.9 Å². The lowest BCUT2D eigenvalue weighted by Gasteiger charge is -2.05. The van der Waals surface area contributed by atoms with Gasteiger partial charge in [0, 0.05) is 5.39 Å². The maximum atomic E-state index is 12.3. The Morgan fingerprint density at radius 3 is 2.75 bits per heavy atom. The molecule has 0 aliphatic heterocycles. The van der Waals surface area contributed by atoms with Gasteiger partial charge in [0.2, 0.25) is 0 Å². The first-order valence-electron chi connectivity index (χ1n) is 6.91. The van der Waals surface area contributed by atoms with Crippen molar-refractivity contribution in [2.75, 3.05) is 19.5 Å². The predicted octanol–water partition coefficient (Wildman–Crippen LogP) is 2.74. The van der Waals surface area contributed by atoms with Crippen molar-refractivity contribution in [1.82, 2.24) is 9.97 Å². The molecular weight excluding hydrogens is 330 g/mol. The largest absolute Gasteiger partial charge is 0.497 e. The maximum absolute atomic E-state index is 12.3. The van der Waals surface area contributed by atoms with E-state index >= 15 is 0 Å². The Morgan fingerprint density at radius 1 is 1.17 bits per heavy atom. The van der Waals surface area contributed by atoms with Gasteiger partial charge in [0.25, 0.3) is 5.91 Å². The Kier molecular flexibility index (Phi) is 4.39. The number of anilines is 1. The van der Waals surface area contributed by atoms with Crippen LogP contribution in [0.15, 0.2) is 36.5 Å². The molecule has 0 saturated heterocycles. The van der Waals surface area contributed by atoms with Crippen LogP contribution in [-0.2, 0) is 4.74 Å². The van der Waals surface area contributed by atoms with Gasteiger partial charge < -0.3 is 9.47 Å². The Hall–Kier alpha value is -3.00. The summed E-state index contributed by atoms with van der Waals surface area (Å²) in [6.45, 7) is 0. The van der Waals surface area contributed by atoms with Crippen LogP contribution in [0, 0.1) is 0 Å². The van der Waals surface area contributed by atoms with Gasteiger partial charge in [0.15, 0.2) is 5.13 Å². The van der Waals surface area contributed by atoms with E-state index in [1.807, 2.05) is 6.07 Å². The molecular formula is C16H13N3O4S. The summed E-state index contributed by atoms with van der Waals surface area (Å²) >= 11 is 1.04. The first kappa shape index (κ1) is 15.9. The van der Waals surface area contributed by atoms with Crippen molar-refractivity contribution in [3.63, 3.8) is 0 Å². The summed E-state index contributed by atoms with van der Waals surface area (Å²) in [6.07, 6.45) is 1.35. The number of esters is 1. The molecule has 0 unspecified atom stereocenters. The van der Waals surface area contributed by atoms with Crippen LogP contribution in [-0.4, -0.2) is 36.1 Å².